The number of hydrogen-bond acceptors (Lipinski definition) is 2. The number of rotatable bonds is 6. The first kappa shape index (κ1) is 20.3. The van der Waals surface area contributed by atoms with E-state index in [9.17, 15) is 0 Å². The summed E-state index contributed by atoms with van der Waals surface area (Å²) in [6.07, 6.45) is 5.03. The van der Waals surface area contributed by atoms with Crippen molar-refractivity contribution in [2.24, 2.45) is 12.0 Å². The third-order valence-electron chi connectivity index (χ3n) is 4.87. The van der Waals surface area contributed by atoms with E-state index in [2.05, 4.69) is 58.6 Å². The van der Waals surface area contributed by atoms with Gasteiger partial charge in [0.1, 0.15) is 0 Å². The molecule has 0 aliphatic carbocycles. The zero-order valence-corrected chi connectivity index (χ0v) is 18.0. The van der Waals surface area contributed by atoms with Crippen LogP contribution in [0.1, 0.15) is 36.6 Å². The molecule has 0 spiro atoms. The van der Waals surface area contributed by atoms with E-state index in [-0.39, 0.29) is 0 Å². The molecule has 1 aromatic carbocycles. The number of nitrogens with zero attached hydrogens (tertiary/aromatic N) is 4. The minimum absolute atomic E-state index is 0.397. The van der Waals surface area contributed by atoms with E-state index < -0.39 is 0 Å². The van der Waals surface area contributed by atoms with Gasteiger partial charge < -0.3 is 15.2 Å². The van der Waals surface area contributed by atoms with Gasteiger partial charge in [0.15, 0.2) is 5.96 Å². The van der Waals surface area contributed by atoms with Crippen LogP contribution in [-0.4, -0.2) is 46.3 Å². The molecule has 0 atom stereocenters. The third-order valence-corrected chi connectivity index (χ3v) is 5.11. The summed E-state index contributed by atoms with van der Waals surface area (Å²) >= 11 is 6.15. The molecule has 2 heterocycles. The van der Waals surface area contributed by atoms with E-state index >= 15 is 0 Å². The van der Waals surface area contributed by atoms with Crippen molar-refractivity contribution in [2.45, 2.75) is 32.7 Å². The van der Waals surface area contributed by atoms with Crippen molar-refractivity contribution in [1.82, 2.24) is 25.0 Å². The number of hydrogen-bond donors (Lipinski definition) is 2. The Morgan fingerprint density at radius 1 is 1.36 bits per heavy atom. The van der Waals surface area contributed by atoms with Crippen LogP contribution < -0.4 is 5.32 Å². The van der Waals surface area contributed by atoms with E-state index in [1.54, 1.807) is 0 Å². The lowest BCUT2D eigenvalue weighted by atomic mass is 10.1. The van der Waals surface area contributed by atoms with Gasteiger partial charge in [-0.05, 0) is 36.1 Å². The fourth-order valence-corrected chi connectivity index (χ4v) is 3.72. The van der Waals surface area contributed by atoms with Crippen LogP contribution in [0.3, 0.4) is 0 Å². The molecule has 3 aromatic rings. The second kappa shape index (κ2) is 8.69. The highest BCUT2D eigenvalue weighted by Gasteiger charge is 2.15. The van der Waals surface area contributed by atoms with E-state index in [1.807, 2.05) is 37.0 Å². The minimum Gasteiger partial charge on any atom is -0.361 e. The van der Waals surface area contributed by atoms with E-state index in [0.717, 1.165) is 41.7 Å². The summed E-state index contributed by atoms with van der Waals surface area (Å²) in [7, 11) is 5.84. The summed E-state index contributed by atoms with van der Waals surface area (Å²) in [5, 5.41) is 9.99. The molecule has 0 saturated carbocycles. The number of aromatic nitrogens is 3. The number of aryl methyl sites for hydroxylation is 1. The Kier molecular flexibility index (Phi) is 6.29. The average molecular weight is 401 g/mol. The molecular formula is C21H29ClN6. The quantitative estimate of drug-likeness (QED) is 0.486. The van der Waals surface area contributed by atoms with Crippen LogP contribution >= 0.6 is 11.6 Å². The van der Waals surface area contributed by atoms with Gasteiger partial charge in [0.05, 0.1) is 5.69 Å². The first-order chi connectivity index (χ1) is 13.4. The molecule has 0 fully saturated rings. The summed E-state index contributed by atoms with van der Waals surface area (Å²) in [4.78, 5) is 9.88. The molecule has 0 unspecified atom stereocenters. The summed E-state index contributed by atoms with van der Waals surface area (Å²) in [6.45, 7) is 5.91. The maximum atomic E-state index is 6.15. The van der Waals surface area contributed by atoms with Crippen molar-refractivity contribution in [3.05, 3.63) is 52.4 Å². The number of fused-ring (bicyclic) bond motifs is 1. The first-order valence-corrected chi connectivity index (χ1v) is 9.96. The predicted octanol–water partition coefficient (Wildman–Crippen LogP) is 3.93. The van der Waals surface area contributed by atoms with Gasteiger partial charge in [-0.15, -0.1) is 0 Å². The van der Waals surface area contributed by atoms with Crippen LogP contribution in [0.2, 0.25) is 5.02 Å². The smallest absolute Gasteiger partial charge is 0.193 e. The molecule has 0 amide bonds. The number of guanidine groups is 1. The van der Waals surface area contributed by atoms with Crippen LogP contribution in [0, 0.1) is 0 Å². The number of H-pyrrole nitrogens is 1. The first-order valence-electron chi connectivity index (χ1n) is 9.58. The van der Waals surface area contributed by atoms with Gasteiger partial charge >= 0.3 is 0 Å². The van der Waals surface area contributed by atoms with Crippen molar-refractivity contribution < 1.29 is 0 Å². The molecule has 0 aliphatic heterocycles. The number of nitrogens with one attached hydrogen (secondary N) is 2. The second-order valence-electron chi connectivity index (χ2n) is 7.45. The molecule has 0 radical (unpaired) electrons. The number of aliphatic imine (C=N–C) groups is 1. The molecule has 0 saturated heterocycles. The largest absolute Gasteiger partial charge is 0.361 e. The van der Waals surface area contributed by atoms with E-state index in [4.69, 9.17) is 11.6 Å². The molecule has 28 heavy (non-hydrogen) atoms. The Hall–Kier alpha value is -2.47. The van der Waals surface area contributed by atoms with Crippen LogP contribution in [0.4, 0.5) is 0 Å². The summed E-state index contributed by atoms with van der Waals surface area (Å²) in [5.74, 6) is 1.27. The molecule has 0 aliphatic rings. The molecule has 3 rings (SSSR count). The Morgan fingerprint density at radius 2 is 2.14 bits per heavy atom. The highest BCUT2D eigenvalue weighted by Crippen LogP contribution is 2.22. The molecule has 2 aromatic heterocycles. The zero-order chi connectivity index (χ0) is 20.3. The highest BCUT2D eigenvalue weighted by molar-refractivity contribution is 6.31. The Labute approximate surface area is 171 Å². The lowest BCUT2D eigenvalue weighted by Crippen LogP contribution is -2.39. The topological polar surface area (TPSA) is 61.2 Å². The van der Waals surface area contributed by atoms with Crippen molar-refractivity contribution in [2.75, 3.05) is 20.6 Å². The molecule has 7 heteroatoms. The summed E-state index contributed by atoms with van der Waals surface area (Å²) < 4.78 is 1.89. The standard InChI is InChI=1S/C21H29ClN6/c1-14(2)20-16(13-28(5)26-20)12-27(4)21(23-3)24-9-8-15-11-25-19-7-6-17(22)10-18(15)19/h6-7,10-11,13-14,25H,8-9,12H2,1-5H3,(H,23,24). The molecule has 150 valence electrons. The normalized spacial score (nSPS) is 12.2. The van der Waals surface area contributed by atoms with Crippen LogP contribution in [0.25, 0.3) is 10.9 Å². The SMILES string of the molecule is CN=C(NCCc1c[nH]c2ccc(Cl)cc12)N(C)Cc1cn(C)nc1C(C)C. The molecule has 2 N–H and O–H groups in total. The van der Waals surface area contributed by atoms with Gasteiger partial charge in [-0.25, -0.2) is 0 Å². The Bertz CT molecular complexity index is 969. The van der Waals surface area contributed by atoms with Crippen molar-refractivity contribution in [3.63, 3.8) is 0 Å². The monoisotopic (exact) mass is 400 g/mol. The average Bonchev–Trinajstić information content (AvgIpc) is 3.21. The maximum Gasteiger partial charge on any atom is 0.193 e. The van der Waals surface area contributed by atoms with Gasteiger partial charge in [0.2, 0.25) is 0 Å². The van der Waals surface area contributed by atoms with Crippen molar-refractivity contribution >= 4 is 28.5 Å². The van der Waals surface area contributed by atoms with Gasteiger partial charge in [0.25, 0.3) is 0 Å². The lowest BCUT2D eigenvalue weighted by Gasteiger charge is -2.22. The molecule has 6 nitrogen and oxygen atoms in total. The van der Waals surface area contributed by atoms with Crippen LogP contribution in [-0.2, 0) is 20.0 Å². The lowest BCUT2D eigenvalue weighted by molar-refractivity contribution is 0.474. The Balaban J connectivity index is 1.62. The van der Waals surface area contributed by atoms with Crippen molar-refractivity contribution in [1.29, 1.82) is 0 Å². The number of halogens is 1. The van der Waals surface area contributed by atoms with E-state index in [1.165, 1.54) is 16.5 Å². The predicted molar refractivity (Wildman–Crippen MR) is 117 cm³/mol. The summed E-state index contributed by atoms with van der Waals surface area (Å²) in [5.41, 5.74) is 4.73. The summed E-state index contributed by atoms with van der Waals surface area (Å²) in [6, 6.07) is 5.93. The molecular weight excluding hydrogens is 372 g/mol. The fraction of sp³-hybridized carbons (Fsp3) is 0.429. The zero-order valence-electron chi connectivity index (χ0n) is 17.3. The fourth-order valence-electron chi connectivity index (χ4n) is 3.54. The highest BCUT2D eigenvalue weighted by atomic mass is 35.5. The van der Waals surface area contributed by atoms with Gasteiger partial charge in [0, 0.05) is 68.1 Å². The van der Waals surface area contributed by atoms with Crippen LogP contribution in [0.5, 0.6) is 0 Å². The van der Waals surface area contributed by atoms with E-state index in [0.29, 0.717) is 5.92 Å². The van der Waals surface area contributed by atoms with Crippen molar-refractivity contribution in [3.8, 4) is 0 Å². The van der Waals surface area contributed by atoms with Gasteiger partial charge in [-0.3, -0.25) is 9.67 Å². The van der Waals surface area contributed by atoms with Gasteiger partial charge in [-0.2, -0.15) is 5.10 Å². The second-order valence-corrected chi connectivity index (χ2v) is 7.89. The minimum atomic E-state index is 0.397. The number of benzene rings is 1. The Morgan fingerprint density at radius 3 is 2.86 bits per heavy atom. The number of aromatic amines is 1. The van der Waals surface area contributed by atoms with Gasteiger partial charge in [-0.1, -0.05) is 25.4 Å². The molecule has 0 bridgehead atoms. The van der Waals surface area contributed by atoms with Crippen LogP contribution in [0.15, 0.2) is 35.6 Å². The maximum absolute atomic E-state index is 6.15. The third kappa shape index (κ3) is 4.50.